The highest BCUT2D eigenvalue weighted by molar-refractivity contribution is 7.89. The molecule has 0 amide bonds. The topological polar surface area (TPSA) is 113 Å². The second kappa shape index (κ2) is 4.31. The van der Waals surface area contributed by atoms with E-state index in [1.165, 1.54) is 24.4 Å². The summed E-state index contributed by atoms with van der Waals surface area (Å²) in [4.78, 5) is -0.0596. The number of aryl methyl sites for hydroxylation is 1. The SMILES string of the molecule is Cn1cc(Oc2cc(S(N)(=O)=O)ccc2N)cn1. The number of rotatable bonds is 3. The second-order valence-electron chi connectivity index (χ2n) is 3.70. The van der Waals surface area contributed by atoms with Crippen LogP contribution >= 0.6 is 0 Å². The molecule has 0 radical (unpaired) electrons. The van der Waals surface area contributed by atoms with E-state index in [2.05, 4.69) is 5.10 Å². The average Bonchev–Trinajstić information content (AvgIpc) is 2.66. The van der Waals surface area contributed by atoms with Gasteiger partial charge in [0.2, 0.25) is 10.0 Å². The van der Waals surface area contributed by atoms with Gasteiger partial charge in [-0.1, -0.05) is 0 Å². The van der Waals surface area contributed by atoms with Gasteiger partial charge in [0.1, 0.15) is 0 Å². The van der Waals surface area contributed by atoms with Gasteiger partial charge in [0.05, 0.1) is 23.0 Å². The number of aromatic nitrogens is 2. The molecule has 7 nitrogen and oxygen atoms in total. The van der Waals surface area contributed by atoms with Gasteiger partial charge >= 0.3 is 0 Å². The monoisotopic (exact) mass is 268 g/mol. The van der Waals surface area contributed by atoms with Crippen LogP contribution in [0.15, 0.2) is 35.5 Å². The minimum Gasteiger partial charge on any atom is -0.452 e. The van der Waals surface area contributed by atoms with Crippen LogP contribution in [0, 0.1) is 0 Å². The summed E-state index contributed by atoms with van der Waals surface area (Å²) in [5, 5.41) is 8.95. The highest BCUT2D eigenvalue weighted by Crippen LogP contribution is 2.29. The molecule has 0 bridgehead atoms. The lowest BCUT2D eigenvalue weighted by molar-refractivity contribution is 0.482. The van der Waals surface area contributed by atoms with Crippen molar-refractivity contribution in [2.75, 3.05) is 5.73 Å². The molecule has 0 aliphatic carbocycles. The fourth-order valence-corrected chi connectivity index (χ4v) is 1.89. The fraction of sp³-hybridized carbons (Fsp3) is 0.100. The number of nitrogens with zero attached hydrogens (tertiary/aromatic N) is 2. The molecule has 18 heavy (non-hydrogen) atoms. The molecule has 2 rings (SSSR count). The summed E-state index contributed by atoms with van der Waals surface area (Å²) in [5.41, 5.74) is 6.01. The summed E-state index contributed by atoms with van der Waals surface area (Å²) >= 11 is 0. The average molecular weight is 268 g/mol. The molecule has 2 aromatic rings. The first-order valence-corrected chi connectivity index (χ1v) is 6.50. The summed E-state index contributed by atoms with van der Waals surface area (Å²) in [6.45, 7) is 0. The third-order valence-corrected chi connectivity index (χ3v) is 3.13. The molecule has 0 saturated carbocycles. The first kappa shape index (κ1) is 12.4. The Kier molecular flexibility index (Phi) is 2.97. The summed E-state index contributed by atoms with van der Waals surface area (Å²) in [6.07, 6.45) is 3.12. The van der Waals surface area contributed by atoms with Crippen molar-refractivity contribution in [1.29, 1.82) is 0 Å². The van der Waals surface area contributed by atoms with E-state index in [1.54, 1.807) is 17.9 Å². The van der Waals surface area contributed by atoms with E-state index in [0.29, 0.717) is 11.4 Å². The van der Waals surface area contributed by atoms with E-state index in [1.807, 2.05) is 0 Å². The number of anilines is 1. The molecule has 0 atom stereocenters. The van der Waals surface area contributed by atoms with Crippen LogP contribution in [0.4, 0.5) is 5.69 Å². The lowest BCUT2D eigenvalue weighted by Crippen LogP contribution is -2.12. The Morgan fingerprint density at radius 3 is 2.67 bits per heavy atom. The Bertz CT molecular complexity index is 678. The van der Waals surface area contributed by atoms with Crippen LogP contribution in [-0.2, 0) is 17.1 Å². The Balaban J connectivity index is 2.38. The van der Waals surface area contributed by atoms with E-state index >= 15 is 0 Å². The normalized spacial score (nSPS) is 11.4. The largest absolute Gasteiger partial charge is 0.452 e. The molecule has 1 heterocycles. The van der Waals surface area contributed by atoms with Crippen molar-refractivity contribution >= 4 is 15.7 Å². The third-order valence-electron chi connectivity index (χ3n) is 2.22. The third kappa shape index (κ3) is 2.60. The predicted molar refractivity (Wildman–Crippen MR) is 65.5 cm³/mol. The molecule has 96 valence electrons. The van der Waals surface area contributed by atoms with Crippen LogP contribution in [0.1, 0.15) is 0 Å². The number of primary sulfonamides is 1. The summed E-state index contributed by atoms with van der Waals surface area (Å²) in [5.74, 6) is 0.672. The van der Waals surface area contributed by atoms with Crippen molar-refractivity contribution in [3.05, 3.63) is 30.6 Å². The minimum atomic E-state index is -3.79. The van der Waals surface area contributed by atoms with Crippen LogP contribution in [0.2, 0.25) is 0 Å². The van der Waals surface area contributed by atoms with Gasteiger partial charge in [0.25, 0.3) is 0 Å². The van der Waals surface area contributed by atoms with Crippen molar-refractivity contribution < 1.29 is 13.2 Å². The van der Waals surface area contributed by atoms with Crippen molar-refractivity contribution in [1.82, 2.24) is 9.78 Å². The molecular weight excluding hydrogens is 256 g/mol. The quantitative estimate of drug-likeness (QED) is 0.784. The number of hydrogen-bond donors (Lipinski definition) is 2. The zero-order valence-corrected chi connectivity index (χ0v) is 10.4. The highest BCUT2D eigenvalue weighted by Gasteiger charge is 2.12. The molecule has 0 aliphatic heterocycles. The first-order chi connectivity index (χ1) is 8.36. The molecular formula is C10H12N4O3S. The molecule has 1 aromatic heterocycles. The Labute approximate surface area is 104 Å². The fourth-order valence-electron chi connectivity index (χ4n) is 1.36. The van der Waals surface area contributed by atoms with Gasteiger partial charge in [-0.25, -0.2) is 13.6 Å². The van der Waals surface area contributed by atoms with Crippen molar-refractivity contribution in [3.8, 4) is 11.5 Å². The van der Waals surface area contributed by atoms with Crippen LogP contribution in [0.3, 0.4) is 0 Å². The number of benzene rings is 1. The zero-order chi connectivity index (χ0) is 13.3. The molecule has 4 N–H and O–H groups in total. The summed E-state index contributed by atoms with van der Waals surface area (Å²) < 4.78 is 29.4. The smallest absolute Gasteiger partial charge is 0.238 e. The molecule has 1 aromatic carbocycles. The van der Waals surface area contributed by atoms with Gasteiger partial charge in [0.15, 0.2) is 11.5 Å². The van der Waals surface area contributed by atoms with Crippen LogP contribution in [0.5, 0.6) is 11.5 Å². The number of nitrogens with two attached hydrogens (primary N) is 2. The van der Waals surface area contributed by atoms with E-state index < -0.39 is 10.0 Å². The highest BCUT2D eigenvalue weighted by atomic mass is 32.2. The first-order valence-electron chi connectivity index (χ1n) is 4.95. The molecule has 0 spiro atoms. The van der Waals surface area contributed by atoms with Gasteiger partial charge in [-0.2, -0.15) is 5.10 Å². The Morgan fingerprint density at radius 1 is 1.39 bits per heavy atom. The van der Waals surface area contributed by atoms with Gasteiger partial charge in [0, 0.05) is 13.1 Å². The van der Waals surface area contributed by atoms with Gasteiger partial charge in [-0.05, 0) is 12.1 Å². The number of nitrogen functional groups attached to an aromatic ring is 1. The van der Waals surface area contributed by atoms with E-state index in [-0.39, 0.29) is 10.6 Å². The second-order valence-corrected chi connectivity index (χ2v) is 5.26. The molecule has 8 heteroatoms. The summed E-state index contributed by atoms with van der Waals surface area (Å²) in [7, 11) is -2.05. The molecule has 0 fully saturated rings. The maximum absolute atomic E-state index is 11.2. The lowest BCUT2D eigenvalue weighted by Gasteiger charge is -2.07. The van der Waals surface area contributed by atoms with Crippen molar-refractivity contribution in [2.24, 2.45) is 12.2 Å². The van der Waals surface area contributed by atoms with Crippen molar-refractivity contribution in [3.63, 3.8) is 0 Å². The standard InChI is InChI=1S/C10H12N4O3S/c1-14-6-7(5-13-14)17-10-4-8(18(12,15)16)2-3-9(10)11/h2-6H,11H2,1H3,(H2,12,15,16). The zero-order valence-electron chi connectivity index (χ0n) is 9.57. The van der Waals surface area contributed by atoms with E-state index in [0.717, 1.165) is 0 Å². The van der Waals surface area contributed by atoms with Gasteiger partial charge in [-0.15, -0.1) is 0 Å². The maximum Gasteiger partial charge on any atom is 0.238 e. The summed E-state index contributed by atoms with van der Waals surface area (Å²) in [6, 6.07) is 4.02. The number of ether oxygens (including phenoxy) is 1. The van der Waals surface area contributed by atoms with Gasteiger partial charge < -0.3 is 10.5 Å². The van der Waals surface area contributed by atoms with E-state index in [4.69, 9.17) is 15.6 Å². The minimum absolute atomic E-state index is 0.0596. The Hall–Kier alpha value is -2.06. The molecule has 0 aliphatic rings. The Morgan fingerprint density at radius 2 is 2.11 bits per heavy atom. The van der Waals surface area contributed by atoms with Crippen molar-refractivity contribution in [2.45, 2.75) is 4.90 Å². The van der Waals surface area contributed by atoms with Crippen LogP contribution in [0.25, 0.3) is 0 Å². The number of sulfonamides is 1. The maximum atomic E-state index is 11.2. The van der Waals surface area contributed by atoms with Gasteiger partial charge in [-0.3, -0.25) is 4.68 Å². The number of hydrogen-bond acceptors (Lipinski definition) is 5. The molecule has 0 saturated heterocycles. The van der Waals surface area contributed by atoms with E-state index in [9.17, 15) is 8.42 Å². The van der Waals surface area contributed by atoms with Crippen LogP contribution in [-0.4, -0.2) is 18.2 Å². The van der Waals surface area contributed by atoms with Crippen LogP contribution < -0.4 is 15.6 Å². The predicted octanol–water partition coefficient (Wildman–Crippen LogP) is 0.442. The lowest BCUT2D eigenvalue weighted by atomic mass is 10.3. The molecule has 0 unspecified atom stereocenters.